The molecule has 1 aliphatic heterocycles. The number of sulfonamides is 1. The third-order valence-corrected chi connectivity index (χ3v) is 6.87. The van der Waals surface area contributed by atoms with Crippen molar-refractivity contribution in [2.75, 3.05) is 24.8 Å². The molecule has 1 aromatic carbocycles. The number of hydrogen-bond donors (Lipinski definition) is 0. The zero-order valence-corrected chi connectivity index (χ0v) is 18.0. The molecular formula is C20H26N4O4S. The van der Waals surface area contributed by atoms with Crippen LogP contribution in [0, 0.1) is 6.92 Å². The van der Waals surface area contributed by atoms with E-state index in [1.54, 1.807) is 18.9 Å². The summed E-state index contributed by atoms with van der Waals surface area (Å²) in [5, 5.41) is 0. The Balaban J connectivity index is 1.96. The molecule has 0 fully saturated rings. The first-order valence-corrected chi connectivity index (χ1v) is 11.1. The maximum atomic E-state index is 12.7. The summed E-state index contributed by atoms with van der Waals surface area (Å²) in [5.41, 5.74) is 2.63. The molecule has 156 valence electrons. The number of aromatic nitrogens is 2. The van der Waals surface area contributed by atoms with E-state index in [2.05, 4.69) is 9.97 Å². The minimum absolute atomic E-state index is 0.00781. The van der Waals surface area contributed by atoms with Crippen molar-refractivity contribution in [1.29, 1.82) is 0 Å². The van der Waals surface area contributed by atoms with Crippen LogP contribution in [0.15, 0.2) is 24.3 Å². The van der Waals surface area contributed by atoms with Crippen molar-refractivity contribution in [3.8, 4) is 5.75 Å². The Labute approximate surface area is 171 Å². The first kappa shape index (κ1) is 21.2. The first-order valence-electron chi connectivity index (χ1n) is 9.49. The number of methoxy groups -OCH3 is 1. The molecule has 2 aromatic rings. The average Bonchev–Trinajstić information content (AvgIpc) is 2.70. The van der Waals surface area contributed by atoms with Crippen LogP contribution in [0.1, 0.15) is 36.0 Å². The van der Waals surface area contributed by atoms with Crippen LogP contribution >= 0.6 is 0 Å². The highest BCUT2D eigenvalue weighted by atomic mass is 32.2. The second kappa shape index (κ2) is 8.46. The summed E-state index contributed by atoms with van der Waals surface area (Å²) in [4.78, 5) is 23.4. The zero-order chi connectivity index (χ0) is 21.2. The van der Waals surface area contributed by atoms with E-state index in [4.69, 9.17) is 4.74 Å². The number of ether oxygens (including phenoxy) is 1. The number of hydrogen-bond acceptors (Lipinski definition) is 6. The van der Waals surface area contributed by atoms with Gasteiger partial charge in [-0.2, -0.15) is 4.31 Å². The van der Waals surface area contributed by atoms with Gasteiger partial charge in [-0.1, -0.05) is 12.1 Å². The molecule has 0 N–H and O–H groups in total. The molecule has 8 nitrogen and oxygen atoms in total. The van der Waals surface area contributed by atoms with Crippen molar-refractivity contribution in [2.45, 2.75) is 39.8 Å². The van der Waals surface area contributed by atoms with E-state index in [1.807, 2.05) is 31.2 Å². The number of rotatable bonds is 7. The molecule has 1 amide bonds. The van der Waals surface area contributed by atoms with E-state index >= 15 is 0 Å². The first-order chi connectivity index (χ1) is 13.7. The SMILES string of the molecule is CCS(=O)(=O)N(C)Cc1nc(C)c2c(n1)N(Cc1cccc(OC)c1)C(=O)CC2. The van der Waals surface area contributed by atoms with E-state index in [1.165, 1.54) is 11.4 Å². The van der Waals surface area contributed by atoms with Crippen LogP contribution in [0.25, 0.3) is 0 Å². The minimum atomic E-state index is -3.35. The summed E-state index contributed by atoms with van der Waals surface area (Å²) in [5.74, 6) is 1.66. The normalized spacial score (nSPS) is 14.2. The van der Waals surface area contributed by atoms with Gasteiger partial charge in [0, 0.05) is 24.7 Å². The highest BCUT2D eigenvalue weighted by Gasteiger charge is 2.29. The molecule has 0 radical (unpaired) electrons. The van der Waals surface area contributed by atoms with Crippen LogP contribution in [0.4, 0.5) is 5.82 Å². The maximum Gasteiger partial charge on any atom is 0.228 e. The van der Waals surface area contributed by atoms with Gasteiger partial charge in [0.2, 0.25) is 15.9 Å². The maximum absolute atomic E-state index is 12.7. The van der Waals surface area contributed by atoms with Crippen LogP contribution < -0.4 is 9.64 Å². The number of fused-ring (bicyclic) bond motifs is 1. The molecule has 0 aliphatic carbocycles. The second-order valence-corrected chi connectivity index (χ2v) is 9.38. The lowest BCUT2D eigenvalue weighted by atomic mass is 10.0. The van der Waals surface area contributed by atoms with Gasteiger partial charge in [0.05, 0.1) is 26.0 Å². The molecule has 0 saturated carbocycles. The predicted octanol–water partition coefficient (Wildman–Crippen LogP) is 2.05. The number of carbonyl (C=O) groups is 1. The Hall–Kier alpha value is -2.52. The van der Waals surface area contributed by atoms with Gasteiger partial charge >= 0.3 is 0 Å². The van der Waals surface area contributed by atoms with Gasteiger partial charge in [-0.05, 0) is 38.0 Å². The summed E-state index contributed by atoms with van der Waals surface area (Å²) in [7, 11) is -0.241. The lowest BCUT2D eigenvalue weighted by Gasteiger charge is -2.30. The smallest absolute Gasteiger partial charge is 0.228 e. The Kier molecular flexibility index (Phi) is 6.18. The van der Waals surface area contributed by atoms with E-state index in [9.17, 15) is 13.2 Å². The number of aryl methyl sites for hydroxylation is 1. The summed E-state index contributed by atoms with van der Waals surface area (Å²) >= 11 is 0. The molecule has 29 heavy (non-hydrogen) atoms. The van der Waals surface area contributed by atoms with Gasteiger partial charge in [0.15, 0.2) is 0 Å². The highest BCUT2D eigenvalue weighted by Crippen LogP contribution is 2.30. The molecular weight excluding hydrogens is 392 g/mol. The molecule has 0 spiro atoms. The van der Waals surface area contributed by atoms with Gasteiger partial charge in [-0.15, -0.1) is 0 Å². The van der Waals surface area contributed by atoms with Crippen molar-refractivity contribution < 1.29 is 17.9 Å². The number of benzene rings is 1. The van der Waals surface area contributed by atoms with Crippen LogP contribution in [0.3, 0.4) is 0 Å². The van der Waals surface area contributed by atoms with Gasteiger partial charge < -0.3 is 4.74 Å². The summed E-state index contributed by atoms with van der Waals surface area (Å²) in [6, 6.07) is 7.55. The van der Waals surface area contributed by atoms with E-state index in [0.29, 0.717) is 31.0 Å². The standard InChI is InChI=1S/C20H26N4O4S/c1-5-29(26,27)23(3)13-18-21-14(2)17-9-10-19(25)24(20(17)22-18)12-15-7-6-8-16(11-15)28-4/h6-8,11H,5,9-10,12-13H2,1-4H3. The van der Waals surface area contributed by atoms with Crippen LogP contribution in [-0.2, 0) is 34.3 Å². The Morgan fingerprint density at radius 1 is 1.24 bits per heavy atom. The van der Waals surface area contributed by atoms with E-state index < -0.39 is 10.0 Å². The molecule has 9 heteroatoms. The average molecular weight is 419 g/mol. The fourth-order valence-electron chi connectivity index (χ4n) is 3.34. The number of amides is 1. The molecule has 3 rings (SSSR count). The number of carbonyl (C=O) groups excluding carboxylic acids is 1. The third-order valence-electron chi connectivity index (χ3n) is 5.06. The van der Waals surface area contributed by atoms with Gasteiger partial charge in [-0.25, -0.2) is 18.4 Å². The minimum Gasteiger partial charge on any atom is -0.497 e. The Morgan fingerprint density at radius 3 is 2.69 bits per heavy atom. The number of nitrogens with zero attached hydrogens (tertiary/aromatic N) is 4. The molecule has 2 heterocycles. The monoisotopic (exact) mass is 418 g/mol. The van der Waals surface area contributed by atoms with Crippen molar-refractivity contribution in [1.82, 2.24) is 14.3 Å². The largest absolute Gasteiger partial charge is 0.497 e. The van der Waals surface area contributed by atoms with Gasteiger partial charge in [-0.3, -0.25) is 9.69 Å². The fourth-order valence-corrected chi connectivity index (χ4v) is 4.10. The molecule has 0 bridgehead atoms. The van der Waals surface area contributed by atoms with E-state index in [-0.39, 0.29) is 18.2 Å². The summed E-state index contributed by atoms with van der Waals surface area (Å²) < 4.78 is 30.7. The molecule has 1 aromatic heterocycles. The lowest BCUT2D eigenvalue weighted by Crippen LogP contribution is -2.37. The van der Waals surface area contributed by atoms with Crippen LogP contribution in [0.2, 0.25) is 0 Å². The topological polar surface area (TPSA) is 92.7 Å². The lowest BCUT2D eigenvalue weighted by molar-refractivity contribution is -0.119. The zero-order valence-electron chi connectivity index (χ0n) is 17.2. The number of anilines is 1. The van der Waals surface area contributed by atoms with Crippen molar-refractivity contribution >= 4 is 21.7 Å². The van der Waals surface area contributed by atoms with Gasteiger partial charge in [0.1, 0.15) is 17.4 Å². The Bertz CT molecular complexity index is 1020. The van der Waals surface area contributed by atoms with Gasteiger partial charge in [0.25, 0.3) is 0 Å². The molecule has 1 aliphatic rings. The second-order valence-electron chi connectivity index (χ2n) is 7.02. The Morgan fingerprint density at radius 2 is 2.00 bits per heavy atom. The summed E-state index contributed by atoms with van der Waals surface area (Å²) in [6.07, 6.45) is 0.975. The molecule has 0 atom stereocenters. The van der Waals surface area contributed by atoms with Crippen LogP contribution in [0.5, 0.6) is 5.75 Å². The quantitative estimate of drug-likeness (QED) is 0.683. The fraction of sp³-hybridized carbons (Fsp3) is 0.450. The van der Waals surface area contributed by atoms with Crippen molar-refractivity contribution in [3.05, 3.63) is 46.9 Å². The predicted molar refractivity (Wildman–Crippen MR) is 110 cm³/mol. The van der Waals surface area contributed by atoms with Crippen LogP contribution in [-0.4, -0.2) is 48.5 Å². The molecule has 0 unspecified atom stereocenters. The summed E-state index contributed by atoms with van der Waals surface area (Å²) in [6.45, 7) is 3.89. The highest BCUT2D eigenvalue weighted by molar-refractivity contribution is 7.89. The van der Waals surface area contributed by atoms with Crippen molar-refractivity contribution in [2.24, 2.45) is 0 Å². The van der Waals surface area contributed by atoms with Crippen molar-refractivity contribution in [3.63, 3.8) is 0 Å². The molecule has 0 saturated heterocycles. The third kappa shape index (κ3) is 4.56. The van der Waals surface area contributed by atoms with E-state index in [0.717, 1.165) is 22.6 Å².